The standard InChI is InChI=1S/C17H25BrO3/c1-6-7-10-20-16(2,3)17(4,5)21-14-9-8-13(12-19)15(18)11-14/h8-9,11-12H,6-7,10H2,1-5H3. The number of carbonyl (C=O) groups is 1. The highest BCUT2D eigenvalue weighted by Crippen LogP contribution is 2.32. The summed E-state index contributed by atoms with van der Waals surface area (Å²) in [7, 11) is 0. The molecule has 0 bridgehead atoms. The minimum Gasteiger partial charge on any atom is -0.485 e. The molecule has 1 aromatic carbocycles. The van der Waals surface area contributed by atoms with Crippen molar-refractivity contribution < 1.29 is 14.3 Å². The molecule has 0 atom stereocenters. The van der Waals surface area contributed by atoms with Crippen molar-refractivity contribution in [1.29, 1.82) is 0 Å². The molecule has 0 saturated carbocycles. The highest BCUT2D eigenvalue weighted by atomic mass is 79.9. The summed E-state index contributed by atoms with van der Waals surface area (Å²) in [4.78, 5) is 10.8. The van der Waals surface area contributed by atoms with Crippen molar-refractivity contribution in [2.24, 2.45) is 0 Å². The molecule has 1 aromatic rings. The Hall–Kier alpha value is -0.870. The van der Waals surface area contributed by atoms with E-state index in [0.717, 1.165) is 30.2 Å². The lowest BCUT2D eigenvalue weighted by Gasteiger charge is -2.41. The van der Waals surface area contributed by atoms with Crippen LogP contribution in [0.15, 0.2) is 22.7 Å². The van der Waals surface area contributed by atoms with Gasteiger partial charge in [0.25, 0.3) is 0 Å². The number of ether oxygens (including phenoxy) is 2. The average molecular weight is 357 g/mol. The molecular weight excluding hydrogens is 332 g/mol. The highest BCUT2D eigenvalue weighted by Gasteiger charge is 2.40. The molecule has 21 heavy (non-hydrogen) atoms. The van der Waals surface area contributed by atoms with E-state index in [2.05, 4.69) is 22.9 Å². The van der Waals surface area contributed by atoms with Crippen LogP contribution in [0.1, 0.15) is 57.8 Å². The van der Waals surface area contributed by atoms with Gasteiger partial charge in [0.05, 0.1) is 0 Å². The fraction of sp³-hybridized carbons (Fsp3) is 0.588. The van der Waals surface area contributed by atoms with Gasteiger partial charge in [-0.3, -0.25) is 4.79 Å². The maximum atomic E-state index is 10.8. The van der Waals surface area contributed by atoms with Gasteiger partial charge in [0, 0.05) is 16.6 Å². The van der Waals surface area contributed by atoms with Gasteiger partial charge in [-0.15, -0.1) is 0 Å². The van der Waals surface area contributed by atoms with E-state index < -0.39 is 11.2 Å². The van der Waals surface area contributed by atoms with Gasteiger partial charge in [-0.1, -0.05) is 13.3 Å². The van der Waals surface area contributed by atoms with E-state index in [1.165, 1.54) is 0 Å². The molecule has 0 amide bonds. The van der Waals surface area contributed by atoms with Crippen LogP contribution in [-0.2, 0) is 4.74 Å². The summed E-state index contributed by atoms with van der Waals surface area (Å²) >= 11 is 3.37. The second kappa shape index (κ2) is 7.41. The third-order valence-electron chi connectivity index (χ3n) is 3.88. The van der Waals surface area contributed by atoms with Crippen molar-refractivity contribution in [3.63, 3.8) is 0 Å². The third kappa shape index (κ3) is 4.82. The molecule has 0 aliphatic rings. The second-order valence-electron chi connectivity index (χ2n) is 6.13. The molecule has 0 saturated heterocycles. The summed E-state index contributed by atoms with van der Waals surface area (Å²) < 4.78 is 12.8. The van der Waals surface area contributed by atoms with Gasteiger partial charge in [-0.25, -0.2) is 0 Å². The zero-order valence-corrected chi connectivity index (χ0v) is 15.1. The fourth-order valence-electron chi connectivity index (χ4n) is 1.73. The van der Waals surface area contributed by atoms with Crippen LogP contribution in [-0.4, -0.2) is 24.1 Å². The first-order valence-electron chi connectivity index (χ1n) is 7.31. The molecule has 0 N–H and O–H groups in total. The van der Waals surface area contributed by atoms with Crippen LogP contribution in [0.4, 0.5) is 0 Å². The highest BCUT2D eigenvalue weighted by molar-refractivity contribution is 9.10. The van der Waals surface area contributed by atoms with Crippen molar-refractivity contribution in [1.82, 2.24) is 0 Å². The van der Waals surface area contributed by atoms with Gasteiger partial charge in [0.2, 0.25) is 0 Å². The molecule has 0 aromatic heterocycles. The van der Waals surface area contributed by atoms with Crippen LogP contribution in [0.3, 0.4) is 0 Å². The third-order valence-corrected chi connectivity index (χ3v) is 4.57. The minimum atomic E-state index is -0.497. The molecule has 3 nitrogen and oxygen atoms in total. The summed E-state index contributed by atoms with van der Waals surface area (Å²) in [5.74, 6) is 0.713. The van der Waals surface area contributed by atoms with Gasteiger partial charge in [0.1, 0.15) is 17.0 Å². The van der Waals surface area contributed by atoms with Gasteiger partial charge < -0.3 is 9.47 Å². The minimum absolute atomic E-state index is 0.419. The first-order valence-corrected chi connectivity index (χ1v) is 8.10. The van der Waals surface area contributed by atoms with Crippen molar-refractivity contribution in [2.45, 2.75) is 58.7 Å². The Bertz CT molecular complexity index is 481. The maximum Gasteiger partial charge on any atom is 0.151 e. The average Bonchev–Trinajstić information content (AvgIpc) is 2.38. The molecule has 0 aliphatic carbocycles. The van der Waals surface area contributed by atoms with Crippen molar-refractivity contribution in [3.05, 3.63) is 28.2 Å². The van der Waals surface area contributed by atoms with Crippen LogP contribution in [0, 0.1) is 0 Å². The van der Waals surface area contributed by atoms with E-state index in [-0.39, 0.29) is 0 Å². The van der Waals surface area contributed by atoms with Crippen molar-refractivity contribution >= 4 is 22.2 Å². The number of benzene rings is 1. The largest absolute Gasteiger partial charge is 0.485 e. The van der Waals surface area contributed by atoms with Crippen molar-refractivity contribution in [3.8, 4) is 5.75 Å². The topological polar surface area (TPSA) is 35.5 Å². The molecule has 0 radical (unpaired) electrons. The van der Waals surface area contributed by atoms with Crippen LogP contribution >= 0.6 is 15.9 Å². The van der Waals surface area contributed by atoms with E-state index in [4.69, 9.17) is 9.47 Å². The summed E-state index contributed by atoms with van der Waals surface area (Å²) in [6, 6.07) is 5.36. The Balaban J connectivity index is 2.83. The maximum absolute atomic E-state index is 10.8. The first kappa shape index (κ1) is 18.2. The predicted octanol–water partition coefficient (Wildman–Crippen LogP) is 5.01. The van der Waals surface area contributed by atoms with Crippen molar-refractivity contribution in [2.75, 3.05) is 6.61 Å². The molecule has 1 rings (SSSR count). The Morgan fingerprint density at radius 3 is 2.38 bits per heavy atom. The molecule has 118 valence electrons. The number of hydrogen-bond donors (Lipinski definition) is 0. The van der Waals surface area contributed by atoms with Crippen LogP contribution in [0.2, 0.25) is 0 Å². The molecule has 0 heterocycles. The van der Waals surface area contributed by atoms with Gasteiger partial charge in [-0.05, 0) is 68.2 Å². The van der Waals surface area contributed by atoms with E-state index in [1.807, 2.05) is 33.8 Å². The Kier molecular flexibility index (Phi) is 6.41. The molecule has 0 fully saturated rings. The van der Waals surface area contributed by atoms with Crippen LogP contribution in [0.5, 0.6) is 5.75 Å². The number of halogens is 1. The Labute approximate surface area is 136 Å². The zero-order valence-electron chi connectivity index (χ0n) is 13.5. The monoisotopic (exact) mass is 356 g/mol. The quantitative estimate of drug-likeness (QED) is 0.484. The number of carbonyl (C=O) groups excluding carboxylic acids is 1. The van der Waals surface area contributed by atoms with Crippen LogP contribution in [0.25, 0.3) is 0 Å². The summed E-state index contributed by atoms with van der Waals surface area (Å²) in [5, 5.41) is 0. The number of aldehydes is 1. The van der Waals surface area contributed by atoms with Crippen LogP contribution < -0.4 is 4.74 Å². The molecular formula is C17H25BrO3. The number of rotatable bonds is 8. The van der Waals surface area contributed by atoms with Gasteiger partial charge >= 0.3 is 0 Å². The number of unbranched alkanes of at least 4 members (excludes halogenated alkanes) is 1. The fourth-order valence-corrected chi connectivity index (χ4v) is 2.18. The summed E-state index contributed by atoms with van der Waals surface area (Å²) in [6.45, 7) is 11.0. The predicted molar refractivity (Wildman–Crippen MR) is 89.2 cm³/mol. The van der Waals surface area contributed by atoms with Gasteiger partial charge in [-0.2, -0.15) is 0 Å². The van der Waals surface area contributed by atoms with E-state index in [1.54, 1.807) is 12.1 Å². The molecule has 0 aliphatic heterocycles. The van der Waals surface area contributed by atoms with E-state index >= 15 is 0 Å². The lowest BCUT2D eigenvalue weighted by Crippen LogP contribution is -2.51. The first-order chi connectivity index (χ1) is 9.73. The lowest BCUT2D eigenvalue weighted by molar-refractivity contribution is -0.134. The second-order valence-corrected chi connectivity index (χ2v) is 6.98. The number of hydrogen-bond acceptors (Lipinski definition) is 3. The normalized spacial score (nSPS) is 12.3. The van der Waals surface area contributed by atoms with E-state index in [9.17, 15) is 4.79 Å². The molecule has 0 spiro atoms. The summed E-state index contributed by atoms with van der Waals surface area (Å²) in [5.41, 5.74) is -0.306. The molecule has 4 heteroatoms. The van der Waals surface area contributed by atoms with Gasteiger partial charge in [0.15, 0.2) is 6.29 Å². The van der Waals surface area contributed by atoms with E-state index in [0.29, 0.717) is 11.3 Å². The SMILES string of the molecule is CCCCOC(C)(C)C(C)(C)Oc1ccc(C=O)c(Br)c1. The Morgan fingerprint density at radius 1 is 1.19 bits per heavy atom. The Morgan fingerprint density at radius 2 is 1.86 bits per heavy atom. The zero-order chi connectivity index (χ0) is 16.1. The molecule has 0 unspecified atom stereocenters. The summed E-state index contributed by atoms with van der Waals surface area (Å²) in [6.07, 6.45) is 2.97. The lowest BCUT2D eigenvalue weighted by atomic mass is 9.89. The smallest absolute Gasteiger partial charge is 0.151 e.